The van der Waals surface area contributed by atoms with Crippen LogP contribution in [0.3, 0.4) is 0 Å². The summed E-state index contributed by atoms with van der Waals surface area (Å²) < 4.78 is 12.2. The molecule has 0 N–H and O–H groups in total. The highest BCUT2D eigenvalue weighted by atomic mass is 32.2. The van der Waals surface area contributed by atoms with Gasteiger partial charge in [0.15, 0.2) is 4.32 Å². The van der Waals surface area contributed by atoms with Crippen LogP contribution in [0.4, 0.5) is 5.69 Å². The fourth-order valence-corrected chi connectivity index (χ4v) is 4.62. The van der Waals surface area contributed by atoms with Crippen molar-refractivity contribution in [3.8, 4) is 11.5 Å². The first-order valence-corrected chi connectivity index (χ1v) is 12.0. The van der Waals surface area contributed by atoms with Gasteiger partial charge in [-0.3, -0.25) is 9.69 Å². The number of ether oxygens (including phenoxy) is 2. The van der Waals surface area contributed by atoms with E-state index in [9.17, 15) is 4.79 Å². The molecule has 1 aliphatic heterocycles. The Hall–Kier alpha value is -3.09. The molecule has 1 amide bonds. The van der Waals surface area contributed by atoms with Gasteiger partial charge in [-0.05, 0) is 73.0 Å². The number of rotatable bonds is 8. The average molecular weight is 476 g/mol. The standard InChI is InChI=1S/C27H25NO3S2/c1-19-9-12-24(17-20(19)2)31-16-6-15-30-23-13-10-21(11-14-23)18-25-26(29)28(27(32)33-25)22-7-4-3-5-8-22/h3-5,7-14,17-18H,6,15-16H2,1-2H3/b25-18+. The summed E-state index contributed by atoms with van der Waals surface area (Å²) in [5.74, 6) is 1.58. The number of hydrogen-bond acceptors (Lipinski definition) is 5. The number of thiocarbonyl (C=S) groups is 1. The monoisotopic (exact) mass is 475 g/mol. The van der Waals surface area contributed by atoms with Crippen LogP contribution in [-0.2, 0) is 4.79 Å². The predicted octanol–water partition coefficient (Wildman–Crippen LogP) is 6.56. The number of para-hydroxylation sites is 1. The van der Waals surface area contributed by atoms with Crippen LogP contribution in [0.25, 0.3) is 6.08 Å². The van der Waals surface area contributed by atoms with E-state index in [2.05, 4.69) is 26.0 Å². The number of aryl methyl sites for hydroxylation is 2. The topological polar surface area (TPSA) is 38.8 Å². The number of benzene rings is 3. The Morgan fingerprint density at radius 1 is 0.879 bits per heavy atom. The van der Waals surface area contributed by atoms with E-state index in [1.54, 1.807) is 4.90 Å². The minimum atomic E-state index is -0.0969. The number of carbonyl (C=O) groups excluding carboxylic acids is 1. The molecule has 0 radical (unpaired) electrons. The fourth-order valence-electron chi connectivity index (χ4n) is 3.32. The first kappa shape index (κ1) is 23.1. The Bertz CT molecular complexity index is 1170. The van der Waals surface area contributed by atoms with Gasteiger partial charge >= 0.3 is 0 Å². The van der Waals surface area contributed by atoms with Gasteiger partial charge in [0.25, 0.3) is 5.91 Å². The van der Waals surface area contributed by atoms with Crippen LogP contribution in [0.2, 0.25) is 0 Å². The van der Waals surface area contributed by atoms with E-state index in [-0.39, 0.29) is 5.91 Å². The van der Waals surface area contributed by atoms with Crippen LogP contribution in [0.5, 0.6) is 11.5 Å². The van der Waals surface area contributed by atoms with E-state index in [1.165, 1.54) is 22.9 Å². The van der Waals surface area contributed by atoms with Crippen LogP contribution in [0.15, 0.2) is 77.7 Å². The number of nitrogens with zero attached hydrogens (tertiary/aromatic N) is 1. The van der Waals surface area contributed by atoms with Crippen molar-refractivity contribution in [2.75, 3.05) is 18.1 Å². The number of thioether (sulfide) groups is 1. The molecule has 1 heterocycles. The lowest BCUT2D eigenvalue weighted by Crippen LogP contribution is -2.27. The Labute approximate surface area is 204 Å². The maximum Gasteiger partial charge on any atom is 0.270 e. The number of amides is 1. The summed E-state index contributed by atoms with van der Waals surface area (Å²) in [7, 11) is 0. The molecular weight excluding hydrogens is 450 g/mol. The SMILES string of the molecule is Cc1ccc(OCCCOc2ccc(/C=C3/SC(=S)N(c4ccccc4)C3=O)cc2)cc1C. The normalized spacial score (nSPS) is 14.7. The van der Waals surface area contributed by atoms with Crippen LogP contribution >= 0.6 is 24.0 Å². The molecule has 0 bridgehead atoms. The first-order chi connectivity index (χ1) is 16.0. The fraction of sp³-hybridized carbons (Fsp3) is 0.185. The molecule has 0 atom stereocenters. The molecule has 4 nitrogen and oxygen atoms in total. The molecule has 1 aliphatic rings. The lowest BCUT2D eigenvalue weighted by Gasteiger charge is -2.13. The zero-order valence-electron chi connectivity index (χ0n) is 18.6. The smallest absolute Gasteiger partial charge is 0.270 e. The molecule has 4 rings (SSSR count). The van der Waals surface area contributed by atoms with Gasteiger partial charge in [0.1, 0.15) is 11.5 Å². The maximum absolute atomic E-state index is 12.8. The van der Waals surface area contributed by atoms with E-state index in [4.69, 9.17) is 21.7 Å². The van der Waals surface area contributed by atoms with Gasteiger partial charge < -0.3 is 9.47 Å². The van der Waals surface area contributed by atoms with Gasteiger partial charge in [-0.2, -0.15) is 0 Å². The van der Waals surface area contributed by atoms with Gasteiger partial charge in [0, 0.05) is 6.42 Å². The quantitative estimate of drug-likeness (QED) is 0.210. The van der Waals surface area contributed by atoms with Crippen molar-refractivity contribution in [3.05, 3.63) is 94.4 Å². The molecule has 0 aliphatic carbocycles. The maximum atomic E-state index is 12.8. The van der Waals surface area contributed by atoms with Crippen molar-refractivity contribution in [1.82, 2.24) is 0 Å². The first-order valence-electron chi connectivity index (χ1n) is 10.8. The van der Waals surface area contributed by atoms with Crippen molar-refractivity contribution < 1.29 is 14.3 Å². The molecule has 3 aromatic carbocycles. The molecule has 0 saturated carbocycles. The van der Waals surface area contributed by atoms with Crippen LogP contribution in [0, 0.1) is 13.8 Å². The van der Waals surface area contributed by atoms with Crippen molar-refractivity contribution in [2.45, 2.75) is 20.3 Å². The summed E-state index contributed by atoms with van der Waals surface area (Å²) in [6, 6.07) is 23.3. The molecule has 1 saturated heterocycles. The summed E-state index contributed by atoms with van der Waals surface area (Å²) in [5.41, 5.74) is 4.20. The van der Waals surface area contributed by atoms with Gasteiger partial charge in [0.2, 0.25) is 0 Å². The Morgan fingerprint density at radius 3 is 2.24 bits per heavy atom. The molecular formula is C27H25NO3S2. The van der Waals surface area contributed by atoms with E-state index in [0.29, 0.717) is 22.4 Å². The zero-order valence-corrected chi connectivity index (χ0v) is 20.2. The Morgan fingerprint density at radius 2 is 1.55 bits per heavy atom. The zero-order chi connectivity index (χ0) is 23.2. The highest BCUT2D eigenvalue weighted by molar-refractivity contribution is 8.27. The van der Waals surface area contributed by atoms with Crippen LogP contribution < -0.4 is 14.4 Å². The Balaban J connectivity index is 1.27. The summed E-state index contributed by atoms with van der Waals surface area (Å²) in [4.78, 5) is 15.0. The Kier molecular flexibility index (Phi) is 7.47. The second-order valence-corrected chi connectivity index (χ2v) is 9.39. The second-order valence-electron chi connectivity index (χ2n) is 7.72. The van der Waals surface area contributed by atoms with Gasteiger partial charge in [-0.25, -0.2) is 0 Å². The third-order valence-corrected chi connectivity index (χ3v) is 6.59. The highest BCUT2D eigenvalue weighted by Gasteiger charge is 2.33. The molecule has 33 heavy (non-hydrogen) atoms. The summed E-state index contributed by atoms with van der Waals surface area (Å²) in [6.45, 7) is 5.34. The lowest BCUT2D eigenvalue weighted by atomic mass is 10.1. The third-order valence-electron chi connectivity index (χ3n) is 5.29. The molecule has 6 heteroatoms. The van der Waals surface area contributed by atoms with Crippen molar-refractivity contribution in [3.63, 3.8) is 0 Å². The van der Waals surface area contributed by atoms with Crippen molar-refractivity contribution >= 4 is 46.0 Å². The second kappa shape index (κ2) is 10.7. The summed E-state index contributed by atoms with van der Waals surface area (Å²) >= 11 is 6.74. The number of hydrogen-bond donors (Lipinski definition) is 0. The number of anilines is 1. The largest absolute Gasteiger partial charge is 0.493 e. The summed E-state index contributed by atoms with van der Waals surface area (Å²) in [6.07, 6.45) is 2.65. The van der Waals surface area contributed by atoms with Gasteiger partial charge in [-0.15, -0.1) is 0 Å². The lowest BCUT2D eigenvalue weighted by molar-refractivity contribution is -0.113. The average Bonchev–Trinajstić information content (AvgIpc) is 3.10. The number of carbonyl (C=O) groups is 1. The van der Waals surface area contributed by atoms with Crippen LogP contribution in [-0.4, -0.2) is 23.4 Å². The van der Waals surface area contributed by atoms with Crippen molar-refractivity contribution in [1.29, 1.82) is 0 Å². The van der Waals surface area contributed by atoms with E-state index < -0.39 is 0 Å². The highest BCUT2D eigenvalue weighted by Crippen LogP contribution is 2.36. The molecule has 168 valence electrons. The molecule has 0 spiro atoms. The third kappa shape index (κ3) is 5.83. The predicted molar refractivity (Wildman–Crippen MR) is 140 cm³/mol. The van der Waals surface area contributed by atoms with Gasteiger partial charge in [-0.1, -0.05) is 60.4 Å². The summed E-state index contributed by atoms with van der Waals surface area (Å²) in [5, 5.41) is 0. The molecule has 1 fully saturated rings. The molecule has 0 unspecified atom stereocenters. The minimum absolute atomic E-state index is 0.0969. The van der Waals surface area contributed by atoms with E-state index in [0.717, 1.165) is 29.2 Å². The minimum Gasteiger partial charge on any atom is -0.493 e. The van der Waals surface area contributed by atoms with Crippen molar-refractivity contribution in [2.24, 2.45) is 0 Å². The van der Waals surface area contributed by atoms with Gasteiger partial charge in [0.05, 0.1) is 23.8 Å². The van der Waals surface area contributed by atoms with E-state index in [1.807, 2.05) is 66.7 Å². The molecule has 0 aromatic heterocycles. The van der Waals surface area contributed by atoms with E-state index >= 15 is 0 Å². The van der Waals surface area contributed by atoms with Crippen LogP contribution in [0.1, 0.15) is 23.1 Å². The molecule has 3 aromatic rings.